The fourth-order valence-electron chi connectivity index (χ4n) is 1.83. The molecule has 1 N–H and O–H groups in total. The molecular formula is C11H13ClFNO3. The molecule has 0 aliphatic heterocycles. The van der Waals surface area contributed by atoms with Crippen molar-refractivity contribution in [3.8, 4) is 0 Å². The van der Waals surface area contributed by atoms with Gasteiger partial charge < -0.3 is 5.11 Å². The van der Waals surface area contributed by atoms with E-state index in [0.717, 1.165) is 12.1 Å². The smallest absolute Gasteiger partial charge is 0.274 e. The van der Waals surface area contributed by atoms with Crippen LogP contribution in [0.3, 0.4) is 0 Å². The Kier molecular flexibility index (Phi) is 4.42. The van der Waals surface area contributed by atoms with Crippen molar-refractivity contribution in [3.05, 3.63) is 38.7 Å². The van der Waals surface area contributed by atoms with E-state index < -0.39 is 22.8 Å². The van der Waals surface area contributed by atoms with Crippen LogP contribution in [0.5, 0.6) is 0 Å². The first-order chi connectivity index (χ1) is 7.88. The van der Waals surface area contributed by atoms with Crippen LogP contribution >= 0.6 is 11.6 Å². The molecule has 0 radical (unpaired) electrons. The fourth-order valence-corrected chi connectivity index (χ4v) is 1.99. The SMILES string of the molecule is CCC(c1cc(F)c(Cl)cc1[N+](=O)[O-])C(C)O. The predicted octanol–water partition coefficient (Wildman–Crippen LogP) is 3.26. The zero-order chi connectivity index (χ0) is 13.2. The third-order valence-electron chi connectivity index (χ3n) is 2.69. The number of nitrogens with zero attached hydrogens (tertiary/aromatic N) is 1. The van der Waals surface area contributed by atoms with Gasteiger partial charge in [0.25, 0.3) is 5.69 Å². The molecule has 1 rings (SSSR count). The van der Waals surface area contributed by atoms with Gasteiger partial charge in [-0.2, -0.15) is 0 Å². The predicted molar refractivity (Wildman–Crippen MR) is 62.8 cm³/mol. The van der Waals surface area contributed by atoms with Gasteiger partial charge in [0.05, 0.1) is 16.0 Å². The van der Waals surface area contributed by atoms with E-state index in [1.165, 1.54) is 6.92 Å². The summed E-state index contributed by atoms with van der Waals surface area (Å²) in [6.07, 6.45) is -0.321. The van der Waals surface area contributed by atoms with E-state index in [0.29, 0.717) is 6.42 Å². The minimum absolute atomic E-state index is 0.175. The summed E-state index contributed by atoms with van der Waals surface area (Å²) in [6.45, 7) is 3.29. The van der Waals surface area contributed by atoms with Crippen LogP contribution in [0.25, 0.3) is 0 Å². The summed E-state index contributed by atoms with van der Waals surface area (Å²) >= 11 is 5.52. The molecule has 6 heteroatoms. The Hall–Kier alpha value is -1.20. The van der Waals surface area contributed by atoms with Gasteiger partial charge in [0.15, 0.2) is 0 Å². The van der Waals surface area contributed by atoms with Crippen molar-refractivity contribution >= 4 is 17.3 Å². The number of halogens is 2. The Morgan fingerprint density at radius 2 is 2.18 bits per heavy atom. The molecule has 2 atom stereocenters. The number of nitro groups is 1. The molecule has 0 aromatic heterocycles. The maximum atomic E-state index is 13.3. The Morgan fingerprint density at radius 1 is 1.59 bits per heavy atom. The van der Waals surface area contributed by atoms with Gasteiger partial charge in [-0.15, -0.1) is 0 Å². The standard InChI is InChI=1S/C11H13ClFNO3/c1-3-7(6(2)15)8-4-10(13)9(12)5-11(8)14(16)17/h4-7,15H,3H2,1-2H3. The van der Waals surface area contributed by atoms with Crippen LogP contribution < -0.4 is 0 Å². The number of hydrogen-bond acceptors (Lipinski definition) is 3. The van der Waals surface area contributed by atoms with E-state index in [2.05, 4.69) is 0 Å². The number of aliphatic hydroxyl groups is 1. The van der Waals surface area contributed by atoms with Gasteiger partial charge in [-0.05, 0) is 19.4 Å². The molecule has 0 saturated carbocycles. The largest absolute Gasteiger partial charge is 0.393 e. The Balaban J connectivity index is 3.39. The van der Waals surface area contributed by atoms with Crippen LogP contribution in [0.2, 0.25) is 5.02 Å². The van der Waals surface area contributed by atoms with E-state index in [4.69, 9.17) is 11.6 Å². The van der Waals surface area contributed by atoms with Gasteiger partial charge in [0.2, 0.25) is 0 Å². The van der Waals surface area contributed by atoms with Crippen molar-refractivity contribution in [1.29, 1.82) is 0 Å². The summed E-state index contributed by atoms with van der Waals surface area (Å²) in [5, 5.41) is 20.1. The molecule has 0 saturated heterocycles. The van der Waals surface area contributed by atoms with Crippen LogP contribution in [0.4, 0.5) is 10.1 Å². The van der Waals surface area contributed by atoms with E-state index in [9.17, 15) is 19.6 Å². The maximum Gasteiger partial charge on any atom is 0.274 e. The molecule has 0 heterocycles. The molecular weight excluding hydrogens is 249 g/mol. The lowest BCUT2D eigenvalue weighted by Gasteiger charge is -2.18. The summed E-state index contributed by atoms with van der Waals surface area (Å²) in [6, 6.07) is 2.01. The van der Waals surface area contributed by atoms with Crippen LogP contribution in [-0.2, 0) is 0 Å². The molecule has 1 aromatic carbocycles. The zero-order valence-corrected chi connectivity index (χ0v) is 10.2. The minimum Gasteiger partial charge on any atom is -0.393 e. The summed E-state index contributed by atoms with van der Waals surface area (Å²) in [7, 11) is 0. The van der Waals surface area contributed by atoms with Crippen molar-refractivity contribution < 1.29 is 14.4 Å². The lowest BCUT2D eigenvalue weighted by Crippen LogP contribution is -2.15. The second-order valence-electron chi connectivity index (χ2n) is 3.84. The highest BCUT2D eigenvalue weighted by Crippen LogP contribution is 2.34. The van der Waals surface area contributed by atoms with E-state index >= 15 is 0 Å². The quantitative estimate of drug-likeness (QED) is 0.668. The van der Waals surface area contributed by atoms with Gasteiger partial charge in [0.1, 0.15) is 5.82 Å². The molecule has 0 aliphatic rings. The van der Waals surface area contributed by atoms with Crippen LogP contribution in [0, 0.1) is 15.9 Å². The average molecular weight is 262 g/mol. The first kappa shape index (κ1) is 13.9. The lowest BCUT2D eigenvalue weighted by atomic mass is 9.90. The number of nitro benzene ring substituents is 1. The summed E-state index contributed by atoms with van der Waals surface area (Å²) in [4.78, 5) is 10.3. The van der Waals surface area contributed by atoms with Gasteiger partial charge in [-0.1, -0.05) is 18.5 Å². The Labute approximate surface area is 103 Å². The zero-order valence-electron chi connectivity index (χ0n) is 9.48. The number of aliphatic hydroxyl groups excluding tert-OH is 1. The highest BCUT2D eigenvalue weighted by molar-refractivity contribution is 6.31. The highest BCUT2D eigenvalue weighted by Gasteiger charge is 2.26. The first-order valence-electron chi connectivity index (χ1n) is 5.19. The third-order valence-corrected chi connectivity index (χ3v) is 2.98. The van der Waals surface area contributed by atoms with Crippen LogP contribution in [0.15, 0.2) is 12.1 Å². The van der Waals surface area contributed by atoms with Crippen molar-refractivity contribution in [2.45, 2.75) is 32.3 Å². The number of rotatable bonds is 4. The van der Waals surface area contributed by atoms with Gasteiger partial charge in [-0.3, -0.25) is 10.1 Å². The summed E-state index contributed by atoms with van der Waals surface area (Å²) < 4.78 is 13.3. The van der Waals surface area contributed by atoms with E-state index in [1.54, 1.807) is 6.92 Å². The summed E-state index contributed by atoms with van der Waals surface area (Å²) in [5.74, 6) is -1.20. The van der Waals surface area contributed by atoms with Crippen molar-refractivity contribution in [2.24, 2.45) is 0 Å². The third kappa shape index (κ3) is 2.92. The molecule has 1 aromatic rings. The monoisotopic (exact) mass is 261 g/mol. The van der Waals surface area contributed by atoms with Crippen LogP contribution in [-0.4, -0.2) is 16.1 Å². The van der Waals surface area contributed by atoms with Crippen molar-refractivity contribution in [1.82, 2.24) is 0 Å². The summed E-state index contributed by atoms with van der Waals surface area (Å²) in [5.41, 5.74) is -0.0847. The van der Waals surface area contributed by atoms with E-state index in [1.807, 2.05) is 0 Å². The van der Waals surface area contributed by atoms with Gasteiger partial charge in [0, 0.05) is 17.5 Å². The van der Waals surface area contributed by atoms with E-state index in [-0.39, 0.29) is 16.3 Å². The van der Waals surface area contributed by atoms with Crippen LogP contribution in [0.1, 0.15) is 31.7 Å². The maximum absolute atomic E-state index is 13.3. The molecule has 0 fully saturated rings. The minimum atomic E-state index is -0.792. The number of hydrogen-bond donors (Lipinski definition) is 1. The topological polar surface area (TPSA) is 63.4 Å². The number of benzene rings is 1. The molecule has 94 valence electrons. The fraction of sp³-hybridized carbons (Fsp3) is 0.455. The molecule has 0 amide bonds. The lowest BCUT2D eigenvalue weighted by molar-refractivity contribution is -0.385. The molecule has 17 heavy (non-hydrogen) atoms. The normalized spacial score (nSPS) is 14.4. The Bertz CT molecular complexity index is 437. The van der Waals surface area contributed by atoms with Gasteiger partial charge in [-0.25, -0.2) is 4.39 Å². The molecule has 0 aliphatic carbocycles. The molecule has 0 spiro atoms. The average Bonchev–Trinajstić information content (AvgIpc) is 2.22. The highest BCUT2D eigenvalue weighted by atomic mass is 35.5. The molecule has 2 unspecified atom stereocenters. The second kappa shape index (κ2) is 5.42. The second-order valence-corrected chi connectivity index (χ2v) is 4.24. The molecule has 0 bridgehead atoms. The first-order valence-corrected chi connectivity index (χ1v) is 5.57. The Morgan fingerprint density at radius 3 is 2.59 bits per heavy atom. The van der Waals surface area contributed by atoms with Gasteiger partial charge >= 0.3 is 0 Å². The molecule has 4 nitrogen and oxygen atoms in total. The van der Waals surface area contributed by atoms with Crippen molar-refractivity contribution in [2.75, 3.05) is 0 Å². The van der Waals surface area contributed by atoms with Crippen molar-refractivity contribution in [3.63, 3.8) is 0 Å².